The number of imidazole rings is 1. The van der Waals surface area contributed by atoms with Gasteiger partial charge < -0.3 is 4.57 Å². The Bertz CT molecular complexity index is 622. The van der Waals surface area contributed by atoms with Crippen LogP contribution in [0.5, 0.6) is 0 Å². The van der Waals surface area contributed by atoms with Gasteiger partial charge in [-0.25, -0.2) is 4.98 Å². The van der Waals surface area contributed by atoms with Crippen molar-refractivity contribution in [2.45, 2.75) is 33.2 Å². The van der Waals surface area contributed by atoms with Gasteiger partial charge in [-0.2, -0.15) is 5.26 Å². The zero-order valence-electron chi connectivity index (χ0n) is 11.5. The predicted molar refractivity (Wildman–Crippen MR) is 78.4 cm³/mol. The number of halogens is 1. The van der Waals surface area contributed by atoms with Crippen molar-refractivity contribution in [3.05, 3.63) is 29.6 Å². The molecule has 0 saturated heterocycles. The zero-order chi connectivity index (χ0) is 14.0. The Hall–Kier alpha value is -1.53. The quantitative estimate of drug-likeness (QED) is 0.794. The molecule has 0 radical (unpaired) electrons. The third-order valence-corrected chi connectivity index (χ3v) is 3.79. The van der Waals surface area contributed by atoms with Gasteiger partial charge in [0.05, 0.1) is 11.1 Å². The molecule has 1 atom stereocenters. The van der Waals surface area contributed by atoms with Gasteiger partial charge in [0.25, 0.3) is 0 Å². The van der Waals surface area contributed by atoms with Crippen molar-refractivity contribution in [2.24, 2.45) is 5.92 Å². The standard InChI is InChI=1S/C15H18ClN3/c1-10(2)11(3)19-13-6-4-5-12(9-17)15(13)18-14(19)7-8-16/h4-6,10-11H,7-8H2,1-3H3. The molecule has 0 N–H and O–H groups in total. The number of fused-ring (bicyclic) bond motifs is 1. The SMILES string of the molecule is CC(C)C(C)n1c(CCCl)nc2c(C#N)cccc21. The van der Waals surface area contributed by atoms with Crippen LogP contribution in [0.2, 0.25) is 0 Å². The van der Waals surface area contributed by atoms with Crippen LogP contribution >= 0.6 is 11.6 Å². The number of para-hydroxylation sites is 1. The highest BCUT2D eigenvalue weighted by Crippen LogP contribution is 2.27. The van der Waals surface area contributed by atoms with Crippen LogP contribution in [0.15, 0.2) is 18.2 Å². The molecule has 0 aliphatic rings. The fourth-order valence-electron chi connectivity index (χ4n) is 2.27. The highest BCUT2D eigenvalue weighted by atomic mass is 35.5. The molecule has 0 aliphatic heterocycles. The molecule has 0 fully saturated rings. The maximum atomic E-state index is 9.19. The summed E-state index contributed by atoms with van der Waals surface area (Å²) in [6, 6.07) is 8.29. The summed E-state index contributed by atoms with van der Waals surface area (Å²) in [7, 11) is 0. The van der Waals surface area contributed by atoms with Crippen molar-refractivity contribution in [3.8, 4) is 6.07 Å². The zero-order valence-corrected chi connectivity index (χ0v) is 12.3. The molecule has 1 aromatic heterocycles. The lowest BCUT2D eigenvalue weighted by Crippen LogP contribution is -2.14. The Balaban J connectivity index is 2.71. The third-order valence-electron chi connectivity index (χ3n) is 3.60. The van der Waals surface area contributed by atoms with E-state index in [1.807, 2.05) is 18.2 Å². The Morgan fingerprint density at radius 3 is 2.68 bits per heavy atom. The molecule has 0 saturated carbocycles. The first-order chi connectivity index (χ1) is 9.10. The van der Waals surface area contributed by atoms with Gasteiger partial charge in [-0.05, 0) is 25.0 Å². The van der Waals surface area contributed by atoms with E-state index in [1.54, 1.807) is 0 Å². The van der Waals surface area contributed by atoms with Gasteiger partial charge in [0.15, 0.2) is 0 Å². The molecule has 0 aliphatic carbocycles. The average Bonchev–Trinajstić information content (AvgIpc) is 2.75. The summed E-state index contributed by atoms with van der Waals surface area (Å²) in [6.45, 7) is 6.56. The Morgan fingerprint density at radius 1 is 1.37 bits per heavy atom. The number of nitriles is 1. The maximum Gasteiger partial charge on any atom is 0.111 e. The van der Waals surface area contributed by atoms with E-state index in [0.29, 0.717) is 23.4 Å². The molecule has 1 unspecified atom stereocenters. The summed E-state index contributed by atoms with van der Waals surface area (Å²) < 4.78 is 2.23. The van der Waals surface area contributed by atoms with Gasteiger partial charge in [0.2, 0.25) is 0 Å². The van der Waals surface area contributed by atoms with Crippen molar-refractivity contribution in [3.63, 3.8) is 0 Å². The van der Waals surface area contributed by atoms with Gasteiger partial charge >= 0.3 is 0 Å². The lowest BCUT2D eigenvalue weighted by molar-refractivity contribution is 0.407. The van der Waals surface area contributed by atoms with Crippen molar-refractivity contribution in [2.75, 3.05) is 5.88 Å². The summed E-state index contributed by atoms with van der Waals surface area (Å²) in [5.74, 6) is 2.00. The summed E-state index contributed by atoms with van der Waals surface area (Å²) in [5, 5.41) is 9.19. The number of aromatic nitrogens is 2. The largest absolute Gasteiger partial charge is 0.325 e. The van der Waals surface area contributed by atoms with Crippen LogP contribution in [-0.4, -0.2) is 15.4 Å². The Kier molecular flexibility index (Phi) is 4.11. The van der Waals surface area contributed by atoms with Crippen LogP contribution in [-0.2, 0) is 6.42 Å². The van der Waals surface area contributed by atoms with E-state index in [2.05, 4.69) is 36.4 Å². The number of nitrogens with zero attached hydrogens (tertiary/aromatic N) is 3. The van der Waals surface area contributed by atoms with E-state index in [0.717, 1.165) is 23.3 Å². The second-order valence-corrected chi connectivity index (χ2v) is 5.48. The highest BCUT2D eigenvalue weighted by molar-refractivity contribution is 6.17. The number of hydrogen-bond donors (Lipinski definition) is 0. The minimum Gasteiger partial charge on any atom is -0.325 e. The number of rotatable bonds is 4. The van der Waals surface area contributed by atoms with Gasteiger partial charge in [-0.3, -0.25) is 0 Å². The number of aryl methyl sites for hydroxylation is 1. The molecule has 2 aromatic rings. The number of hydrogen-bond acceptors (Lipinski definition) is 2. The van der Waals surface area contributed by atoms with Gasteiger partial charge in [0, 0.05) is 18.3 Å². The minimum absolute atomic E-state index is 0.331. The molecule has 0 amide bonds. The lowest BCUT2D eigenvalue weighted by atomic mass is 10.1. The molecule has 0 bridgehead atoms. The summed E-state index contributed by atoms with van der Waals surface area (Å²) in [6.07, 6.45) is 0.720. The van der Waals surface area contributed by atoms with E-state index in [4.69, 9.17) is 11.6 Å². The fraction of sp³-hybridized carbons (Fsp3) is 0.467. The molecule has 1 heterocycles. The van der Waals surface area contributed by atoms with Crippen LogP contribution in [0.3, 0.4) is 0 Å². The van der Waals surface area contributed by atoms with E-state index in [-0.39, 0.29) is 0 Å². The van der Waals surface area contributed by atoms with E-state index < -0.39 is 0 Å². The van der Waals surface area contributed by atoms with Crippen molar-refractivity contribution >= 4 is 22.6 Å². The lowest BCUT2D eigenvalue weighted by Gasteiger charge is -2.21. The molecule has 2 rings (SSSR count). The van der Waals surface area contributed by atoms with Crippen LogP contribution in [0.4, 0.5) is 0 Å². The Labute approximate surface area is 118 Å². The van der Waals surface area contributed by atoms with Crippen LogP contribution in [0, 0.1) is 17.2 Å². The fourth-order valence-corrected chi connectivity index (χ4v) is 2.44. The first kappa shape index (κ1) is 13.9. The van der Waals surface area contributed by atoms with Crippen LogP contribution in [0.25, 0.3) is 11.0 Å². The van der Waals surface area contributed by atoms with Crippen LogP contribution < -0.4 is 0 Å². The third kappa shape index (κ3) is 2.46. The molecule has 0 spiro atoms. The van der Waals surface area contributed by atoms with E-state index >= 15 is 0 Å². The van der Waals surface area contributed by atoms with E-state index in [9.17, 15) is 5.26 Å². The van der Waals surface area contributed by atoms with Crippen molar-refractivity contribution < 1.29 is 0 Å². The summed E-state index contributed by atoms with van der Waals surface area (Å²) in [4.78, 5) is 4.63. The minimum atomic E-state index is 0.331. The van der Waals surface area contributed by atoms with Crippen LogP contribution in [0.1, 0.15) is 38.2 Å². The molecule has 100 valence electrons. The van der Waals surface area contributed by atoms with Gasteiger partial charge in [-0.1, -0.05) is 19.9 Å². The topological polar surface area (TPSA) is 41.6 Å². The first-order valence-electron chi connectivity index (χ1n) is 6.56. The molecular formula is C15H18ClN3. The average molecular weight is 276 g/mol. The molecule has 3 nitrogen and oxygen atoms in total. The smallest absolute Gasteiger partial charge is 0.111 e. The second kappa shape index (κ2) is 5.63. The maximum absolute atomic E-state index is 9.19. The summed E-state index contributed by atoms with van der Waals surface area (Å²) >= 11 is 5.88. The van der Waals surface area contributed by atoms with Crippen molar-refractivity contribution in [1.29, 1.82) is 5.26 Å². The first-order valence-corrected chi connectivity index (χ1v) is 7.09. The van der Waals surface area contributed by atoms with Crippen molar-refractivity contribution in [1.82, 2.24) is 9.55 Å². The van der Waals surface area contributed by atoms with E-state index in [1.165, 1.54) is 0 Å². The highest BCUT2D eigenvalue weighted by Gasteiger charge is 2.19. The number of benzene rings is 1. The Morgan fingerprint density at radius 2 is 2.11 bits per heavy atom. The predicted octanol–water partition coefficient (Wildman–Crippen LogP) is 3.91. The monoisotopic (exact) mass is 275 g/mol. The molecule has 19 heavy (non-hydrogen) atoms. The molecule has 1 aromatic carbocycles. The normalized spacial score (nSPS) is 12.8. The second-order valence-electron chi connectivity index (χ2n) is 5.11. The number of alkyl halides is 1. The van der Waals surface area contributed by atoms with Gasteiger partial charge in [0.1, 0.15) is 17.4 Å². The van der Waals surface area contributed by atoms with Gasteiger partial charge in [-0.15, -0.1) is 11.6 Å². The molecule has 4 heteroatoms. The molecular weight excluding hydrogens is 258 g/mol. The summed E-state index contributed by atoms with van der Waals surface area (Å²) in [5.41, 5.74) is 2.45.